The first kappa shape index (κ1) is 22.7. The first-order chi connectivity index (χ1) is 17.2. The van der Waals surface area contributed by atoms with Crippen molar-refractivity contribution in [1.29, 1.82) is 0 Å². The molecule has 0 bridgehead atoms. The molecule has 5 aromatic rings. The van der Waals surface area contributed by atoms with E-state index in [1.165, 1.54) is 35.2 Å². The summed E-state index contributed by atoms with van der Waals surface area (Å²) in [4.78, 5) is 41.7. The van der Waals surface area contributed by atoms with E-state index < -0.39 is 17.6 Å². The van der Waals surface area contributed by atoms with Gasteiger partial charge in [0.2, 0.25) is 17.4 Å². The summed E-state index contributed by atoms with van der Waals surface area (Å²) < 4.78 is 23.1. The molecule has 13 heteroatoms. The molecule has 0 fully saturated rings. The van der Waals surface area contributed by atoms with Crippen LogP contribution in [-0.2, 0) is 7.05 Å². The number of fused-ring (bicyclic) bond motifs is 1. The Bertz CT molecular complexity index is 1650. The maximum absolute atomic E-state index is 14.7. The van der Waals surface area contributed by atoms with Gasteiger partial charge in [0.25, 0.3) is 11.8 Å². The molecule has 0 unspecified atom stereocenters. The van der Waals surface area contributed by atoms with Gasteiger partial charge in [-0.15, -0.1) is 0 Å². The van der Waals surface area contributed by atoms with Gasteiger partial charge < -0.3 is 25.4 Å². The Labute approximate surface area is 203 Å². The molecular formula is C23H20FN9O3. The highest BCUT2D eigenvalue weighted by atomic mass is 19.1. The van der Waals surface area contributed by atoms with Gasteiger partial charge in [-0.3, -0.25) is 14.0 Å². The van der Waals surface area contributed by atoms with E-state index in [1.54, 1.807) is 37.7 Å². The highest BCUT2D eigenvalue weighted by molar-refractivity contribution is 6.03. The largest absolute Gasteiger partial charge is 0.436 e. The fourth-order valence-electron chi connectivity index (χ4n) is 3.70. The molecule has 2 amide bonds. The van der Waals surface area contributed by atoms with E-state index >= 15 is 0 Å². The molecule has 0 spiro atoms. The number of amides is 2. The second-order valence-electron chi connectivity index (χ2n) is 8.03. The highest BCUT2D eigenvalue weighted by Gasteiger charge is 2.18. The molecule has 0 radical (unpaired) electrons. The number of oxazole rings is 1. The van der Waals surface area contributed by atoms with Crippen LogP contribution >= 0.6 is 0 Å². The van der Waals surface area contributed by atoms with Crippen molar-refractivity contribution in [2.75, 3.05) is 16.4 Å². The van der Waals surface area contributed by atoms with Gasteiger partial charge in [0.1, 0.15) is 11.6 Å². The van der Waals surface area contributed by atoms with Crippen LogP contribution in [0.4, 0.5) is 21.6 Å². The minimum absolute atomic E-state index is 0.0816. The minimum Gasteiger partial charge on any atom is -0.436 e. The van der Waals surface area contributed by atoms with E-state index in [0.29, 0.717) is 23.0 Å². The first-order valence-electron chi connectivity index (χ1n) is 10.7. The van der Waals surface area contributed by atoms with Gasteiger partial charge in [0, 0.05) is 43.8 Å². The molecule has 0 atom stereocenters. The van der Waals surface area contributed by atoms with Crippen molar-refractivity contribution >= 4 is 34.8 Å². The fraction of sp³-hybridized carbons (Fsp3) is 0.130. The molecule has 4 aromatic heterocycles. The number of imidazole rings is 2. The van der Waals surface area contributed by atoms with E-state index in [2.05, 4.69) is 30.6 Å². The zero-order chi connectivity index (χ0) is 25.6. The minimum atomic E-state index is -0.538. The summed E-state index contributed by atoms with van der Waals surface area (Å²) >= 11 is 0. The number of nitrogens with one attached hydrogen (secondary N) is 2. The number of carbonyl (C=O) groups excluding carboxylic acids is 2. The third kappa shape index (κ3) is 4.24. The monoisotopic (exact) mass is 489 g/mol. The normalized spacial score (nSPS) is 11.1. The summed E-state index contributed by atoms with van der Waals surface area (Å²) in [6, 6.07) is 4.12. The Hall–Kier alpha value is -5.07. The second kappa shape index (κ2) is 8.61. The average Bonchev–Trinajstić information content (AvgIpc) is 3.50. The number of hydrogen-bond acceptors (Lipinski definition) is 8. The van der Waals surface area contributed by atoms with Crippen LogP contribution in [-0.4, -0.2) is 40.7 Å². The molecule has 4 heterocycles. The Balaban J connectivity index is 1.40. The van der Waals surface area contributed by atoms with Crippen LogP contribution in [0.3, 0.4) is 0 Å². The Morgan fingerprint density at radius 1 is 1.03 bits per heavy atom. The van der Waals surface area contributed by atoms with Gasteiger partial charge in [0.15, 0.2) is 5.89 Å². The average molecular weight is 489 g/mol. The lowest BCUT2D eigenvalue weighted by atomic mass is 10.1. The molecule has 0 saturated carbocycles. The van der Waals surface area contributed by atoms with Crippen LogP contribution in [0.2, 0.25) is 0 Å². The zero-order valence-electron chi connectivity index (χ0n) is 19.4. The topological polar surface area (TPSA) is 158 Å². The Morgan fingerprint density at radius 3 is 2.50 bits per heavy atom. The molecular weight excluding hydrogens is 469 g/mol. The smallest absolute Gasteiger partial charge is 0.293 e. The van der Waals surface area contributed by atoms with Gasteiger partial charge in [-0.25, -0.2) is 24.3 Å². The van der Waals surface area contributed by atoms with Crippen LogP contribution in [0.15, 0.2) is 47.4 Å². The number of carbonyl (C=O) groups is 2. The molecule has 36 heavy (non-hydrogen) atoms. The Morgan fingerprint density at radius 2 is 1.81 bits per heavy atom. The van der Waals surface area contributed by atoms with Crippen molar-refractivity contribution in [3.8, 4) is 11.3 Å². The molecule has 12 nitrogen and oxygen atoms in total. The van der Waals surface area contributed by atoms with E-state index in [0.717, 1.165) is 0 Å². The number of aromatic nitrogens is 6. The van der Waals surface area contributed by atoms with Crippen LogP contribution in [0, 0.1) is 19.7 Å². The maximum atomic E-state index is 14.7. The molecule has 5 rings (SSSR count). The van der Waals surface area contributed by atoms with Crippen LogP contribution in [0.5, 0.6) is 0 Å². The van der Waals surface area contributed by atoms with Crippen molar-refractivity contribution in [3.63, 3.8) is 0 Å². The van der Waals surface area contributed by atoms with Crippen molar-refractivity contribution < 1.29 is 18.4 Å². The number of nitrogens with zero attached hydrogens (tertiary/aromatic N) is 6. The van der Waals surface area contributed by atoms with Gasteiger partial charge >= 0.3 is 0 Å². The van der Waals surface area contributed by atoms with Crippen molar-refractivity contribution in [2.24, 2.45) is 7.05 Å². The molecule has 0 saturated heterocycles. The van der Waals surface area contributed by atoms with E-state index in [1.807, 2.05) is 0 Å². The molecule has 0 aliphatic carbocycles. The molecule has 0 aliphatic heterocycles. The molecule has 182 valence electrons. The van der Waals surface area contributed by atoms with E-state index in [-0.39, 0.29) is 34.4 Å². The van der Waals surface area contributed by atoms with Crippen LogP contribution < -0.4 is 16.4 Å². The van der Waals surface area contributed by atoms with Crippen LogP contribution in [0.1, 0.15) is 32.8 Å². The number of nitrogens with two attached hydrogens (primary N) is 1. The summed E-state index contributed by atoms with van der Waals surface area (Å²) in [5.74, 6) is -0.417. The number of aryl methyl sites for hydroxylation is 3. The summed E-state index contributed by atoms with van der Waals surface area (Å²) in [5, 5.41) is 5.38. The van der Waals surface area contributed by atoms with E-state index in [9.17, 15) is 14.0 Å². The third-order valence-corrected chi connectivity index (χ3v) is 5.28. The molecule has 1 aromatic carbocycles. The van der Waals surface area contributed by atoms with Crippen molar-refractivity contribution in [3.05, 3.63) is 72.0 Å². The van der Waals surface area contributed by atoms with Gasteiger partial charge in [-0.2, -0.15) is 0 Å². The lowest BCUT2D eigenvalue weighted by molar-refractivity contribution is 0.0991. The standard InChI is InChI=1S/C23H20FN9O3/c1-11-19(36-12(2)27-11)21(34)28-13-4-5-16(24)15(6-13)17-9-33-8-14(7-26-23(33)30-17)29-22(35)20-31-18(25)10-32(20)3/h4-10H,25H2,1-3H3,(H,28,34)(H,29,35). The van der Waals surface area contributed by atoms with Crippen molar-refractivity contribution in [2.45, 2.75) is 13.8 Å². The fourth-order valence-corrected chi connectivity index (χ4v) is 3.70. The Kier molecular flexibility index (Phi) is 5.43. The van der Waals surface area contributed by atoms with Gasteiger partial charge in [0.05, 0.1) is 23.3 Å². The third-order valence-electron chi connectivity index (χ3n) is 5.28. The van der Waals surface area contributed by atoms with Gasteiger partial charge in [-0.1, -0.05) is 0 Å². The highest BCUT2D eigenvalue weighted by Crippen LogP contribution is 2.26. The summed E-state index contributed by atoms with van der Waals surface area (Å²) in [6.45, 7) is 3.30. The molecule has 4 N–H and O–H groups in total. The summed E-state index contributed by atoms with van der Waals surface area (Å²) in [7, 11) is 1.65. The maximum Gasteiger partial charge on any atom is 0.293 e. The second-order valence-corrected chi connectivity index (χ2v) is 8.03. The van der Waals surface area contributed by atoms with Crippen LogP contribution in [0.25, 0.3) is 17.0 Å². The molecule has 0 aliphatic rings. The predicted octanol–water partition coefficient (Wildman–Crippen LogP) is 2.96. The number of rotatable bonds is 5. The van der Waals surface area contributed by atoms with Crippen molar-refractivity contribution in [1.82, 2.24) is 28.9 Å². The lowest BCUT2D eigenvalue weighted by Gasteiger charge is -2.06. The zero-order valence-corrected chi connectivity index (χ0v) is 19.4. The first-order valence-corrected chi connectivity index (χ1v) is 10.7. The van der Waals surface area contributed by atoms with Gasteiger partial charge in [-0.05, 0) is 25.1 Å². The lowest BCUT2D eigenvalue weighted by Crippen LogP contribution is -2.17. The number of hydrogen-bond donors (Lipinski definition) is 3. The predicted molar refractivity (Wildman–Crippen MR) is 128 cm³/mol. The number of halogens is 1. The van der Waals surface area contributed by atoms with E-state index in [4.69, 9.17) is 10.2 Å². The summed E-state index contributed by atoms with van der Waals surface area (Å²) in [5.41, 5.74) is 7.23. The SMILES string of the molecule is Cc1nc(C)c(C(=O)Nc2ccc(F)c(-c3cn4cc(NC(=O)c5nc(N)cn5C)cnc4n3)c2)o1. The number of benzene rings is 1. The number of anilines is 3. The number of nitrogen functional groups attached to an aromatic ring is 1. The quantitative estimate of drug-likeness (QED) is 0.340. The summed E-state index contributed by atoms with van der Waals surface area (Å²) in [6.07, 6.45) is 6.09.